The Labute approximate surface area is 137 Å². The van der Waals surface area contributed by atoms with Gasteiger partial charge in [0, 0.05) is 19.3 Å². The van der Waals surface area contributed by atoms with E-state index in [9.17, 15) is 15.3 Å². The summed E-state index contributed by atoms with van der Waals surface area (Å²) in [6.07, 6.45) is 5.58. The molecule has 0 fully saturated rings. The number of ether oxygens (including phenoxy) is 1. The van der Waals surface area contributed by atoms with Gasteiger partial charge in [-0.05, 0) is 30.4 Å². The molecule has 118 valence electrons. The number of rotatable bonds is 4. The summed E-state index contributed by atoms with van der Waals surface area (Å²) in [5.41, 5.74) is 2.26. The number of hydrogen-bond acceptors (Lipinski definition) is 4. The van der Waals surface area contributed by atoms with E-state index in [-0.39, 0.29) is 18.9 Å². The zero-order valence-corrected chi connectivity index (χ0v) is 13.6. The highest BCUT2D eigenvalue weighted by Crippen LogP contribution is 2.42. The summed E-state index contributed by atoms with van der Waals surface area (Å²) in [6, 6.07) is 4.26. The van der Waals surface area contributed by atoms with Gasteiger partial charge < -0.3 is 4.74 Å². The van der Waals surface area contributed by atoms with Gasteiger partial charge in [-0.1, -0.05) is 31.4 Å². The van der Waals surface area contributed by atoms with Crippen LogP contribution in [0.15, 0.2) is 30.0 Å². The molecule has 0 aliphatic heterocycles. The third kappa shape index (κ3) is 4.89. The summed E-state index contributed by atoms with van der Waals surface area (Å²) in [7, 11) is 0. The second kappa shape index (κ2) is 8.65. The second-order valence-electron chi connectivity index (χ2n) is 5.65. The highest BCUT2D eigenvalue weighted by Gasteiger charge is 2.39. The molecule has 0 radical (unpaired) electrons. The zero-order chi connectivity index (χ0) is 17.3. The Morgan fingerprint density at radius 3 is 2.74 bits per heavy atom. The molecule has 4 heteroatoms. The molecule has 0 unspecified atom stereocenters. The lowest BCUT2D eigenvalue weighted by Crippen LogP contribution is -2.27. The summed E-state index contributed by atoms with van der Waals surface area (Å²) in [5, 5.41) is 19.2. The summed E-state index contributed by atoms with van der Waals surface area (Å²) in [5.74, 6) is 5.52. The molecule has 0 saturated carbocycles. The van der Waals surface area contributed by atoms with Gasteiger partial charge >= 0.3 is 5.97 Å². The molecule has 0 bridgehead atoms. The highest BCUT2D eigenvalue weighted by atomic mass is 16.5. The van der Waals surface area contributed by atoms with Gasteiger partial charge in [0.2, 0.25) is 0 Å². The molecule has 1 aliphatic rings. The fourth-order valence-corrected chi connectivity index (χ4v) is 2.65. The lowest BCUT2D eigenvalue weighted by Gasteiger charge is -2.31. The van der Waals surface area contributed by atoms with Crippen LogP contribution >= 0.6 is 0 Å². The summed E-state index contributed by atoms with van der Waals surface area (Å²) in [6.45, 7) is 7.01. The number of esters is 1. The number of nitrogens with zero attached hydrogens (tertiary/aromatic N) is 2. The molecule has 4 nitrogen and oxygen atoms in total. The van der Waals surface area contributed by atoms with Crippen molar-refractivity contribution in [3.8, 4) is 24.0 Å². The second-order valence-corrected chi connectivity index (χ2v) is 5.65. The van der Waals surface area contributed by atoms with E-state index in [2.05, 4.69) is 43.2 Å². The van der Waals surface area contributed by atoms with Crippen molar-refractivity contribution >= 4 is 5.97 Å². The fourth-order valence-electron chi connectivity index (χ4n) is 2.65. The molecule has 0 heterocycles. The first-order valence-corrected chi connectivity index (χ1v) is 7.47. The highest BCUT2D eigenvalue weighted by molar-refractivity contribution is 5.66. The van der Waals surface area contributed by atoms with Crippen LogP contribution < -0.4 is 0 Å². The number of hydrogen-bond donors (Lipinski definition) is 0. The molecule has 23 heavy (non-hydrogen) atoms. The maximum absolute atomic E-state index is 10.7. The Kier molecular flexibility index (Phi) is 6.89. The van der Waals surface area contributed by atoms with E-state index in [1.165, 1.54) is 6.92 Å². The molecule has 1 aliphatic carbocycles. The quantitative estimate of drug-likeness (QED) is 0.346. The van der Waals surface area contributed by atoms with Crippen LogP contribution in [0.2, 0.25) is 0 Å². The third-order valence-corrected chi connectivity index (χ3v) is 3.82. The summed E-state index contributed by atoms with van der Waals surface area (Å²) < 4.78 is 4.73. The predicted octanol–water partition coefficient (Wildman–Crippen LogP) is 3.29. The first-order valence-electron chi connectivity index (χ1n) is 7.47. The van der Waals surface area contributed by atoms with Crippen molar-refractivity contribution in [1.29, 1.82) is 10.5 Å². The van der Waals surface area contributed by atoms with Gasteiger partial charge in [0.25, 0.3) is 0 Å². The van der Waals surface area contributed by atoms with E-state index < -0.39 is 11.4 Å². The number of allylic oxidation sites excluding steroid dienone is 3. The van der Waals surface area contributed by atoms with Crippen molar-refractivity contribution in [3.05, 3.63) is 30.0 Å². The lowest BCUT2D eigenvalue weighted by molar-refractivity contribution is -0.139. The molecule has 0 N–H and O–H groups in total. The summed E-state index contributed by atoms with van der Waals surface area (Å²) in [4.78, 5) is 10.7. The fraction of sp³-hybridized carbons (Fsp3) is 0.474. The van der Waals surface area contributed by atoms with E-state index in [1.54, 1.807) is 0 Å². The van der Waals surface area contributed by atoms with Gasteiger partial charge in [0.15, 0.2) is 12.0 Å². The number of carbonyl (C=O) groups is 1. The Hall–Kier alpha value is -2.73. The van der Waals surface area contributed by atoms with Crippen LogP contribution in [0.25, 0.3) is 0 Å². The van der Waals surface area contributed by atoms with Crippen LogP contribution in [0.3, 0.4) is 0 Å². The van der Waals surface area contributed by atoms with Crippen molar-refractivity contribution in [2.45, 2.75) is 33.1 Å². The van der Waals surface area contributed by atoms with Gasteiger partial charge in [-0.15, -0.1) is 5.73 Å². The van der Waals surface area contributed by atoms with Crippen molar-refractivity contribution in [2.75, 3.05) is 6.61 Å². The number of nitriles is 2. The minimum absolute atomic E-state index is 0.0224. The minimum atomic E-state index is -1.29. The Balaban J connectivity index is 3.04. The summed E-state index contributed by atoms with van der Waals surface area (Å²) >= 11 is 0. The SMILES string of the molecule is C=C=C[C@@H]1C[C@@H](C)CC=C1C(C#N)(C#N)CC#CCOC(C)=O. The topological polar surface area (TPSA) is 73.9 Å². The van der Waals surface area contributed by atoms with Crippen molar-refractivity contribution < 1.29 is 9.53 Å². The molecule has 1 rings (SSSR count). The molecule has 0 aromatic rings. The molecule has 0 aromatic heterocycles. The van der Waals surface area contributed by atoms with Crippen molar-refractivity contribution in [2.24, 2.45) is 17.3 Å². The van der Waals surface area contributed by atoms with Gasteiger partial charge in [0.05, 0.1) is 12.1 Å². The van der Waals surface area contributed by atoms with E-state index in [4.69, 9.17) is 4.74 Å². The van der Waals surface area contributed by atoms with Gasteiger partial charge in [-0.25, -0.2) is 0 Å². The van der Waals surface area contributed by atoms with Crippen molar-refractivity contribution in [1.82, 2.24) is 0 Å². The average Bonchev–Trinajstić information content (AvgIpc) is 2.52. The van der Waals surface area contributed by atoms with Crippen molar-refractivity contribution in [3.63, 3.8) is 0 Å². The normalized spacial score (nSPS) is 19.7. The van der Waals surface area contributed by atoms with E-state index in [0.29, 0.717) is 5.92 Å². The standard InChI is InChI=1S/C19H20N2O2/c1-4-7-17-12-15(2)8-9-18(17)19(13-20,14-21)10-5-6-11-23-16(3)22/h7,9,15,17H,1,8,10-12H2,2-3H3/t15-,17+/m0/s1. The molecular weight excluding hydrogens is 288 g/mol. The minimum Gasteiger partial charge on any atom is -0.453 e. The van der Waals surface area contributed by atoms with Crippen LogP contribution in [0.5, 0.6) is 0 Å². The average molecular weight is 308 g/mol. The monoisotopic (exact) mass is 308 g/mol. The van der Waals surface area contributed by atoms with Crippen LogP contribution in [0, 0.1) is 51.8 Å². The molecule has 0 aromatic carbocycles. The van der Waals surface area contributed by atoms with Crippen LogP contribution in [0.1, 0.15) is 33.1 Å². The smallest absolute Gasteiger partial charge is 0.303 e. The zero-order valence-electron chi connectivity index (χ0n) is 13.6. The molecular formula is C19H20N2O2. The molecule has 0 saturated heterocycles. The van der Waals surface area contributed by atoms with Crippen LogP contribution in [0.4, 0.5) is 0 Å². The van der Waals surface area contributed by atoms with Gasteiger partial charge in [-0.2, -0.15) is 10.5 Å². The Morgan fingerprint density at radius 2 is 2.17 bits per heavy atom. The maximum atomic E-state index is 10.7. The predicted molar refractivity (Wildman–Crippen MR) is 86.4 cm³/mol. The molecule has 2 atom stereocenters. The largest absolute Gasteiger partial charge is 0.453 e. The van der Waals surface area contributed by atoms with Gasteiger partial charge in [-0.3, -0.25) is 4.79 Å². The van der Waals surface area contributed by atoms with E-state index in [1.807, 2.05) is 12.2 Å². The van der Waals surface area contributed by atoms with Crippen LogP contribution in [-0.2, 0) is 9.53 Å². The van der Waals surface area contributed by atoms with E-state index >= 15 is 0 Å². The molecule has 0 spiro atoms. The molecule has 0 amide bonds. The Morgan fingerprint density at radius 1 is 1.48 bits per heavy atom. The number of carbonyl (C=O) groups excluding carboxylic acids is 1. The first-order chi connectivity index (χ1) is 11.0. The van der Waals surface area contributed by atoms with Crippen LogP contribution in [-0.4, -0.2) is 12.6 Å². The maximum Gasteiger partial charge on any atom is 0.303 e. The first kappa shape index (κ1) is 18.3. The lowest BCUT2D eigenvalue weighted by atomic mass is 9.68. The van der Waals surface area contributed by atoms with E-state index in [0.717, 1.165) is 18.4 Å². The van der Waals surface area contributed by atoms with Gasteiger partial charge in [0.1, 0.15) is 0 Å². The third-order valence-electron chi connectivity index (χ3n) is 3.82. The Bertz CT molecular complexity index is 659.